The van der Waals surface area contributed by atoms with Gasteiger partial charge in [0.1, 0.15) is 5.69 Å². The minimum absolute atomic E-state index is 0.0596. The Morgan fingerprint density at radius 2 is 1.86 bits per heavy atom. The highest BCUT2D eigenvalue weighted by molar-refractivity contribution is 5.95. The SMILES string of the molecule is NC(=O)c1ccc(C(=O)NCC2(c3ccccc3)CC2)nc1. The van der Waals surface area contributed by atoms with Crippen LogP contribution in [0.25, 0.3) is 0 Å². The molecule has 5 nitrogen and oxygen atoms in total. The Bertz CT molecular complexity index is 692. The number of benzene rings is 1. The van der Waals surface area contributed by atoms with Crippen LogP contribution in [0.2, 0.25) is 0 Å². The number of amides is 2. The number of carbonyl (C=O) groups excluding carboxylic acids is 2. The highest BCUT2D eigenvalue weighted by atomic mass is 16.2. The molecule has 0 radical (unpaired) electrons. The Labute approximate surface area is 128 Å². The van der Waals surface area contributed by atoms with E-state index in [0.29, 0.717) is 12.1 Å². The van der Waals surface area contributed by atoms with E-state index in [2.05, 4.69) is 22.4 Å². The minimum Gasteiger partial charge on any atom is -0.366 e. The smallest absolute Gasteiger partial charge is 0.269 e. The van der Waals surface area contributed by atoms with Crippen LogP contribution in [0.15, 0.2) is 48.7 Å². The number of nitrogens with two attached hydrogens (primary N) is 1. The quantitative estimate of drug-likeness (QED) is 0.879. The van der Waals surface area contributed by atoms with Crippen LogP contribution >= 0.6 is 0 Å². The first kappa shape index (κ1) is 14.3. The van der Waals surface area contributed by atoms with Gasteiger partial charge in [-0.05, 0) is 30.5 Å². The highest BCUT2D eigenvalue weighted by Gasteiger charge is 2.44. The number of hydrogen-bond acceptors (Lipinski definition) is 3. The fourth-order valence-corrected chi connectivity index (χ4v) is 2.52. The number of carbonyl (C=O) groups is 2. The zero-order chi connectivity index (χ0) is 15.6. The fraction of sp³-hybridized carbons (Fsp3) is 0.235. The first-order valence-electron chi connectivity index (χ1n) is 7.20. The molecule has 1 aromatic carbocycles. The molecule has 2 aromatic rings. The molecule has 22 heavy (non-hydrogen) atoms. The van der Waals surface area contributed by atoms with Crippen molar-refractivity contribution in [2.75, 3.05) is 6.54 Å². The Balaban J connectivity index is 1.64. The van der Waals surface area contributed by atoms with Crippen molar-refractivity contribution in [3.05, 3.63) is 65.5 Å². The molecule has 112 valence electrons. The van der Waals surface area contributed by atoms with E-state index in [1.54, 1.807) is 0 Å². The van der Waals surface area contributed by atoms with E-state index in [0.717, 1.165) is 12.8 Å². The van der Waals surface area contributed by atoms with Crippen molar-refractivity contribution in [3.63, 3.8) is 0 Å². The Morgan fingerprint density at radius 1 is 1.14 bits per heavy atom. The molecule has 1 aliphatic rings. The standard InChI is InChI=1S/C17H17N3O2/c18-15(21)12-6-7-14(19-10-12)16(22)20-11-17(8-9-17)13-4-2-1-3-5-13/h1-7,10H,8-9,11H2,(H2,18,21)(H,20,22). The zero-order valence-corrected chi connectivity index (χ0v) is 12.1. The van der Waals surface area contributed by atoms with Gasteiger partial charge < -0.3 is 11.1 Å². The van der Waals surface area contributed by atoms with Gasteiger partial charge in [-0.3, -0.25) is 14.6 Å². The van der Waals surface area contributed by atoms with E-state index in [1.807, 2.05) is 18.2 Å². The molecule has 1 aromatic heterocycles. The Morgan fingerprint density at radius 3 is 2.41 bits per heavy atom. The summed E-state index contributed by atoms with van der Waals surface area (Å²) in [6, 6.07) is 13.2. The van der Waals surface area contributed by atoms with Gasteiger partial charge in [0.25, 0.3) is 5.91 Å². The molecule has 0 saturated heterocycles. The average molecular weight is 295 g/mol. The van der Waals surface area contributed by atoms with Crippen molar-refractivity contribution in [1.82, 2.24) is 10.3 Å². The van der Waals surface area contributed by atoms with Crippen molar-refractivity contribution < 1.29 is 9.59 Å². The summed E-state index contributed by atoms with van der Waals surface area (Å²) in [5, 5.41) is 2.93. The number of primary amides is 1. The van der Waals surface area contributed by atoms with Gasteiger partial charge in [-0.15, -0.1) is 0 Å². The van der Waals surface area contributed by atoms with E-state index in [1.165, 1.54) is 23.9 Å². The van der Waals surface area contributed by atoms with E-state index in [4.69, 9.17) is 5.73 Å². The van der Waals surface area contributed by atoms with Gasteiger partial charge in [-0.25, -0.2) is 0 Å². The molecule has 0 unspecified atom stereocenters. The molecule has 0 bridgehead atoms. The van der Waals surface area contributed by atoms with Gasteiger partial charge in [0.2, 0.25) is 5.91 Å². The summed E-state index contributed by atoms with van der Waals surface area (Å²) in [4.78, 5) is 27.1. The molecular weight excluding hydrogens is 278 g/mol. The third-order valence-corrected chi connectivity index (χ3v) is 4.11. The largest absolute Gasteiger partial charge is 0.366 e. The van der Waals surface area contributed by atoms with E-state index in [-0.39, 0.29) is 17.0 Å². The number of aromatic nitrogens is 1. The lowest BCUT2D eigenvalue weighted by molar-refractivity contribution is 0.0942. The molecular formula is C17H17N3O2. The third-order valence-electron chi connectivity index (χ3n) is 4.11. The van der Waals surface area contributed by atoms with Gasteiger partial charge in [-0.1, -0.05) is 30.3 Å². The molecule has 0 spiro atoms. The lowest BCUT2D eigenvalue weighted by Crippen LogP contribution is -2.32. The molecule has 5 heteroatoms. The normalized spacial score (nSPS) is 15.1. The molecule has 1 fully saturated rings. The number of rotatable bonds is 5. The summed E-state index contributed by atoms with van der Waals surface area (Å²) in [5.74, 6) is -0.793. The second-order valence-corrected chi connectivity index (χ2v) is 5.63. The summed E-state index contributed by atoms with van der Waals surface area (Å²) in [6.45, 7) is 0.592. The summed E-state index contributed by atoms with van der Waals surface area (Å²) in [5.41, 5.74) is 7.04. The van der Waals surface area contributed by atoms with E-state index in [9.17, 15) is 9.59 Å². The number of nitrogens with one attached hydrogen (secondary N) is 1. The maximum Gasteiger partial charge on any atom is 0.269 e. The monoisotopic (exact) mass is 295 g/mol. The van der Waals surface area contributed by atoms with Crippen molar-refractivity contribution in [1.29, 1.82) is 0 Å². The minimum atomic E-state index is -0.555. The summed E-state index contributed by atoms with van der Waals surface area (Å²) in [6.07, 6.45) is 3.47. The Hall–Kier alpha value is -2.69. The molecule has 0 atom stereocenters. The number of hydrogen-bond donors (Lipinski definition) is 2. The molecule has 1 saturated carbocycles. The molecule has 3 N–H and O–H groups in total. The lowest BCUT2D eigenvalue weighted by Gasteiger charge is -2.16. The van der Waals surface area contributed by atoms with Crippen molar-refractivity contribution in [3.8, 4) is 0 Å². The van der Waals surface area contributed by atoms with Crippen LogP contribution in [-0.4, -0.2) is 23.3 Å². The average Bonchev–Trinajstić information content (AvgIpc) is 3.35. The van der Waals surface area contributed by atoms with Crippen LogP contribution < -0.4 is 11.1 Å². The molecule has 0 aliphatic heterocycles. The maximum absolute atomic E-state index is 12.1. The van der Waals surface area contributed by atoms with Gasteiger partial charge in [0.05, 0.1) is 5.56 Å². The van der Waals surface area contributed by atoms with Crippen LogP contribution in [0.3, 0.4) is 0 Å². The second kappa shape index (κ2) is 5.60. The molecule has 1 heterocycles. The van der Waals surface area contributed by atoms with Crippen molar-refractivity contribution in [2.24, 2.45) is 5.73 Å². The predicted octanol–water partition coefficient (Wildman–Crippen LogP) is 1.64. The van der Waals surface area contributed by atoms with Gasteiger partial charge in [-0.2, -0.15) is 0 Å². The molecule has 1 aliphatic carbocycles. The Kier molecular flexibility index (Phi) is 3.63. The topological polar surface area (TPSA) is 85.1 Å². The second-order valence-electron chi connectivity index (χ2n) is 5.63. The van der Waals surface area contributed by atoms with Crippen LogP contribution in [0, 0.1) is 0 Å². The summed E-state index contributed by atoms with van der Waals surface area (Å²) < 4.78 is 0. The zero-order valence-electron chi connectivity index (χ0n) is 12.1. The highest BCUT2D eigenvalue weighted by Crippen LogP contribution is 2.47. The van der Waals surface area contributed by atoms with Crippen LogP contribution in [-0.2, 0) is 5.41 Å². The van der Waals surface area contributed by atoms with E-state index < -0.39 is 5.91 Å². The first-order chi connectivity index (χ1) is 10.6. The van der Waals surface area contributed by atoms with Crippen LogP contribution in [0.1, 0.15) is 39.3 Å². The molecule has 2 amide bonds. The van der Waals surface area contributed by atoms with E-state index >= 15 is 0 Å². The maximum atomic E-state index is 12.1. The van der Waals surface area contributed by atoms with Crippen molar-refractivity contribution >= 4 is 11.8 Å². The van der Waals surface area contributed by atoms with Gasteiger partial charge in [0.15, 0.2) is 0 Å². The van der Waals surface area contributed by atoms with Gasteiger partial charge in [0, 0.05) is 18.2 Å². The summed E-state index contributed by atoms with van der Waals surface area (Å²) >= 11 is 0. The van der Waals surface area contributed by atoms with Crippen molar-refractivity contribution in [2.45, 2.75) is 18.3 Å². The van der Waals surface area contributed by atoms with Crippen LogP contribution in [0.4, 0.5) is 0 Å². The van der Waals surface area contributed by atoms with Crippen LogP contribution in [0.5, 0.6) is 0 Å². The predicted molar refractivity (Wildman–Crippen MR) is 82.4 cm³/mol. The first-order valence-corrected chi connectivity index (χ1v) is 7.20. The third kappa shape index (κ3) is 2.83. The fourth-order valence-electron chi connectivity index (χ4n) is 2.52. The number of pyridine rings is 1. The lowest BCUT2D eigenvalue weighted by atomic mass is 9.96. The molecule has 3 rings (SSSR count). The number of nitrogens with zero attached hydrogens (tertiary/aromatic N) is 1. The summed E-state index contributed by atoms with van der Waals surface area (Å²) in [7, 11) is 0. The van der Waals surface area contributed by atoms with Gasteiger partial charge >= 0.3 is 0 Å².